The molecule has 0 atom stereocenters. The molecule has 5 heteroatoms. The van der Waals surface area contributed by atoms with E-state index in [2.05, 4.69) is 10.2 Å². The lowest BCUT2D eigenvalue weighted by molar-refractivity contribution is 0.276. The van der Waals surface area contributed by atoms with Crippen LogP contribution in [0.25, 0.3) is 11.3 Å². The molecule has 1 aromatic heterocycles. The highest BCUT2D eigenvalue weighted by atomic mass is 19.1. The van der Waals surface area contributed by atoms with E-state index in [1.807, 2.05) is 36.4 Å². The fourth-order valence-corrected chi connectivity index (χ4v) is 2.18. The minimum Gasteiger partial charge on any atom is -0.390 e. The molecule has 0 amide bonds. The predicted molar refractivity (Wildman–Crippen MR) is 76.9 cm³/mol. The third-order valence-corrected chi connectivity index (χ3v) is 3.13. The van der Waals surface area contributed by atoms with Crippen molar-refractivity contribution in [2.24, 2.45) is 0 Å². The van der Waals surface area contributed by atoms with Gasteiger partial charge in [-0.25, -0.2) is 4.39 Å². The summed E-state index contributed by atoms with van der Waals surface area (Å²) in [5, 5.41) is 18.1. The Labute approximate surface area is 121 Å². The van der Waals surface area contributed by atoms with Gasteiger partial charge < -0.3 is 5.11 Å². The number of rotatable bonds is 4. The summed E-state index contributed by atoms with van der Waals surface area (Å²) in [5.74, 6) is -0.287. The first-order chi connectivity index (χ1) is 10.3. The van der Waals surface area contributed by atoms with Gasteiger partial charge in [-0.2, -0.15) is 15.0 Å². The number of halogens is 1. The molecule has 4 nitrogen and oxygen atoms in total. The van der Waals surface area contributed by atoms with Crippen molar-refractivity contribution in [2.45, 2.75) is 13.2 Å². The molecule has 0 saturated carbocycles. The Hall–Kier alpha value is -2.53. The van der Waals surface area contributed by atoms with Crippen LogP contribution in [-0.4, -0.2) is 20.1 Å². The molecule has 0 radical (unpaired) electrons. The van der Waals surface area contributed by atoms with Crippen LogP contribution in [-0.2, 0) is 13.2 Å². The second kappa shape index (κ2) is 5.85. The van der Waals surface area contributed by atoms with E-state index < -0.39 is 0 Å². The van der Waals surface area contributed by atoms with Crippen molar-refractivity contribution >= 4 is 0 Å². The monoisotopic (exact) mass is 283 g/mol. The Morgan fingerprint density at radius 1 is 1.00 bits per heavy atom. The number of aromatic nitrogens is 3. The summed E-state index contributed by atoms with van der Waals surface area (Å²) in [6, 6.07) is 15.9. The molecule has 1 N–H and O–H groups in total. The molecule has 1 heterocycles. The van der Waals surface area contributed by atoms with Crippen LogP contribution in [0.4, 0.5) is 4.39 Å². The third-order valence-electron chi connectivity index (χ3n) is 3.13. The number of benzene rings is 2. The van der Waals surface area contributed by atoms with Crippen LogP contribution >= 0.6 is 0 Å². The highest BCUT2D eigenvalue weighted by molar-refractivity contribution is 5.60. The molecule has 0 unspecified atom stereocenters. The zero-order valence-corrected chi connectivity index (χ0v) is 11.3. The van der Waals surface area contributed by atoms with Crippen LogP contribution < -0.4 is 0 Å². The van der Waals surface area contributed by atoms with Gasteiger partial charge in [0.25, 0.3) is 0 Å². The standard InChI is InChI=1S/C16H14FN3O/c17-14-8-4-5-12(9-14)10-20-18-15(11-21)16(19-20)13-6-2-1-3-7-13/h1-9,21H,10-11H2. The van der Waals surface area contributed by atoms with E-state index in [0.29, 0.717) is 17.9 Å². The van der Waals surface area contributed by atoms with Crippen molar-refractivity contribution in [1.82, 2.24) is 15.0 Å². The average Bonchev–Trinajstić information content (AvgIpc) is 2.91. The van der Waals surface area contributed by atoms with E-state index in [1.54, 1.807) is 6.07 Å². The average molecular weight is 283 g/mol. The van der Waals surface area contributed by atoms with Gasteiger partial charge in [-0.1, -0.05) is 42.5 Å². The maximum Gasteiger partial charge on any atom is 0.123 e. The lowest BCUT2D eigenvalue weighted by Crippen LogP contribution is -2.04. The number of hydrogen-bond donors (Lipinski definition) is 1. The van der Waals surface area contributed by atoms with Crippen molar-refractivity contribution in [3.63, 3.8) is 0 Å². The second-order valence-electron chi connectivity index (χ2n) is 4.68. The molecule has 2 aromatic carbocycles. The van der Waals surface area contributed by atoms with Gasteiger partial charge in [-0.05, 0) is 17.7 Å². The highest BCUT2D eigenvalue weighted by Crippen LogP contribution is 2.20. The van der Waals surface area contributed by atoms with Crippen LogP contribution in [0.3, 0.4) is 0 Å². The predicted octanol–water partition coefficient (Wildman–Crippen LogP) is 2.62. The number of hydrogen-bond acceptors (Lipinski definition) is 3. The van der Waals surface area contributed by atoms with E-state index in [9.17, 15) is 9.50 Å². The van der Waals surface area contributed by atoms with Crippen LogP contribution in [0.2, 0.25) is 0 Å². The Bertz CT molecular complexity index is 740. The molecule has 0 aliphatic rings. The minimum atomic E-state index is -0.287. The summed E-state index contributed by atoms with van der Waals surface area (Å²) >= 11 is 0. The van der Waals surface area contributed by atoms with Crippen LogP contribution in [0.1, 0.15) is 11.3 Å². The molecule has 3 rings (SSSR count). The first-order valence-corrected chi connectivity index (χ1v) is 6.61. The number of aliphatic hydroxyl groups is 1. The molecule has 3 aromatic rings. The summed E-state index contributed by atoms with van der Waals surface area (Å²) < 4.78 is 13.2. The maximum atomic E-state index is 13.2. The zero-order chi connectivity index (χ0) is 14.7. The summed E-state index contributed by atoms with van der Waals surface area (Å²) in [6.07, 6.45) is 0. The van der Waals surface area contributed by atoms with Crippen molar-refractivity contribution in [3.8, 4) is 11.3 Å². The fourth-order valence-electron chi connectivity index (χ4n) is 2.18. The molecule has 0 aliphatic heterocycles. The van der Waals surface area contributed by atoms with Gasteiger partial charge in [-0.3, -0.25) is 0 Å². The molecule has 0 bridgehead atoms. The SMILES string of the molecule is OCc1nn(Cc2cccc(F)c2)nc1-c1ccccc1. The topological polar surface area (TPSA) is 50.9 Å². The molecule has 0 fully saturated rings. The van der Waals surface area contributed by atoms with Gasteiger partial charge in [0.1, 0.15) is 17.2 Å². The van der Waals surface area contributed by atoms with Crippen LogP contribution in [0, 0.1) is 5.82 Å². The summed E-state index contributed by atoms with van der Waals surface area (Å²) in [4.78, 5) is 1.47. The highest BCUT2D eigenvalue weighted by Gasteiger charge is 2.12. The van der Waals surface area contributed by atoms with Gasteiger partial charge in [0.2, 0.25) is 0 Å². The lowest BCUT2D eigenvalue weighted by Gasteiger charge is -2.00. The Morgan fingerprint density at radius 2 is 1.81 bits per heavy atom. The largest absolute Gasteiger partial charge is 0.390 e. The van der Waals surface area contributed by atoms with Gasteiger partial charge in [0, 0.05) is 5.56 Å². The van der Waals surface area contributed by atoms with Gasteiger partial charge in [0.15, 0.2) is 0 Å². The fraction of sp³-hybridized carbons (Fsp3) is 0.125. The lowest BCUT2D eigenvalue weighted by atomic mass is 10.1. The van der Waals surface area contributed by atoms with E-state index >= 15 is 0 Å². The van der Waals surface area contributed by atoms with Gasteiger partial charge in [0.05, 0.1) is 13.2 Å². The molecular weight excluding hydrogens is 269 g/mol. The second-order valence-corrected chi connectivity index (χ2v) is 4.68. The number of aliphatic hydroxyl groups excluding tert-OH is 1. The smallest absolute Gasteiger partial charge is 0.123 e. The van der Waals surface area contributed by atoms with E-state index in [1.165, 1.54) is 16.9 Å². The van der Waals surface area contributed by atoms with Crippen LogP contribution in [0.5, 0.6) is 0 Å². The molecule has 0 aliphatic carbocycles. The van der Waals surface area contributed by atoms with E-state index in [4.69, 9.17) is 0 Å². The summed E-state index contributed by atoms with van der Waals surface area (Å²) in [6.45, 7) is 0.172. The first kappa shape index (κ1) is 13.5. The van der Waals surface area contributed by atoms with E-state index in [-0.39, 0.29) is 12.4 Å². The van der Waals surface area contributed by atoms with Gasteiger partial charge in [-0.15, -0.1) is 0 Å². The number of nitrogens with zero attached hydrogens (tertiary/aromatic N) is 3. The Balaban J connectivity index is 1.93. The van der Waals surface area contributed by atoms with Crippen LogP contribution in [0.15, 0.2) is 54.6 Å². The normalized spacial score (nSPS) is 10.8. The molecule has 106 valence electrons. The van der Waals surface area contributed by atoms with Crippen molar-refractivity contribution in [3.05, 3.63) is 71.7 Å². The molecular formula is C16H14FN3O. The third kappa shape index (κ3) is 2.98. The Kier molecular flexibility index (Phi) is 3.75. The summed E-state index contributed by atoms with van der Waals surface area (Å²) in [5.41, 5.74) is 2.83. The van der Waals surface area contributed by atoms with Crippen molar-refractivity contribution < 1.29 is 9.50 Å². The maximum absolute atomic E-state index is 13.2. The van der Waals surface area contributed by atoms with Gasteiger partial charge >= 0.3 is 0 Å². The molecule has 0 saturated heterocycles. The molecule has 21 heavy (non-hydrogen) atoms. The minimum absolute atomic E-state index is 0.187. The first-order valence-electron chi connectivity index (χ1n) is 6.61. The Morgan fingerprint density at radius 3 is 2.52 bits per heavy atom. The quantitative estimate of drug-likeness (QED) is 0.800. The molecule has 0 spiro atoms. The van der Waals surface area contributed by atoms with E-state index in [0.717, 1.165) is 11.1 Å². The summed E-state index contributed by atoms with van der Waals surface area (Å²) in [7, 11) is 0. The van der Waals surface area contributed by atoms with Crippen molar-refractivity contribution in [1.29, 1.82) is 0 Å². The van der Waals surface area contributed by atoms with Crippen molar-refractivity contribution in [2.75, 3.05) is 0 Å². The zero-order valence-electron chi connectivity index (χ0n) is 11.3.